The first-order valence-corrected chi connectivity index (χ1v) is 10.5. The van der Waals surface area contributed by atoms with Crippen molar-refractivity contribution in [2.24, 2.45) is 5.73 Å². The zero-order valence-corrected chi connectivity index (χ0v) is 17.1. The van der Waals surface area contributed by atoms with Gasteiger partial charge in [-0.15, -0.1) is 0 Å². The Bertz CT molecular complexity index is 795. The molecule has 0 radical (unpaired) electrons. The highest BCUT2D eigenvalue weighted by Gasteiger charge is 2.31. The average molecular weight is 443 g/mol. The molecule has 1 atom stereocenters. The van der Waals surface area contributed by atoms with Crippen LogP contribution in [0.1, 0.15) is 61.7 Å². The number of primary amides is 1. The van der Waals surface area contributed by atoms with E-state index >= 15 is 0 Å². The number of rotatable bonds is 7. The Hall–Kier alpha value is -2.40. The molecule has 3 rings (SSSR count). The summed E-state index contributed by atoms with van der Waals surface area (Å²) in [5, 5.41) is 16.3. The Labute approximate surface area is 178 Å². The van der Waals surface area contributed by atoms with E-state index in [1.54, 1.807) is 0 Å². The van der Waals surface area contributed by atoms with E-state index in [4.69, 9.17) is 10.5 Å². The smallest absolute Gasteiger partial charge is 0.393 e. The van der Waals surface area contributed by atoms with Crippen LogP contribution in [0, 0.1) is 0 Å². The molecule has 0 aromatic carbocycles. The van der Waals surface area contributed by atoms with Crippen molar-refractivity contribution in [3.05, 3.63) is 23.5 Å². The van der Waals surface area contributed by atoms with Gasteiger partial charge in [0.15, 0.2) is 0 Å². The highest BCUT2D eigenvalue weighted by atomic mass is 19.4. The molecule has 0 spiro atoms. The molecule has 31 heavy (non-hydrogen) atoms. The summed E-state index contributed by atoms with van der Waals surface area (Å²) in [5.74, 6) is -0.124. The maximum Gasteiger partial charge on any atom is 0.411 e. The Kier molecular flexibility index (Phi) is 7.71. The largest absolute Gasteiger partial charge is 0.411 e. The molecule has 1 amide bonds. The number of nitrogens with one attached hydrogen (secondary N) is 2. The molecule has 5 N–H and O–H groups in total. The summed E-state index contributed by atoms with van der Waals surface area (Å²) >= 11 is 0. The van der Waals surface area contributed by atoms with E-state index in [-0.39, 0.29) is 17.4 Å². The van der Waals surface area contributed by atoms with Gasteiger partial charge in [0, 0.05) is 24.4 Å². The minimum absolute atomic E-state index is 0.0167. The molecule has 2 aliphatic carbocycles. The zero-order valence-electron chi connectivity index (χ0n) is 17.1. The van der Waals surface area contributed by atoms with E-state index in [9.17, 15) is 23.1 Å². The van der Waals surface area contributed by atoms with Gasteiger partial charge in [-0.2, -0.15) is 18.2 Å². The third-order valence-corrected chi connectivity index (χ3v) is 5.41. The molecule has 1 heterocycles. The Balaban J connectivity index is 1.61. The molecule has 0 aliphatic heterocycles. The topological polar surface area (TPSA) is 122 Å². The predicted octanol–water partition coefficient (Wildman–Crippen LogP) is 3.11. The van der Waals surface area contributed by atoms with Gasteiger partial charge in [0.05, 0.1) is 12.2 Å². The molecule has 1 saturated carbocycles. The van der Waals surface area contributed by atoms with Gasteiger partial charge in [0.1, 0.15) is 18.0 Å². The van der Waals surface area contributed by atoms with Crippen molar-refractivity contribution in [1.82, 2.24) is 9.97 Å². The SMILES string of the molecule is NC(=O)c1cnc(NC2CCC(OCC(F)(F)F)CC2)nc1NC1=CCCC[C@H](O)C1. The second-order valence-corrected chi connectivity index (χ2v) is 8.01. The molecule has 172 valence electrons. The zero-order chi connectivity index (χ0) is 22.4. The lowest BCUT2D eigenvalue weighted by atomic mass is 9.93. The number of alkyl halides is 3. The predicted molar refractivity (Wildman–Crippen MR) is 108 cm³/mol. The Morgan fingerprint density at radius 2 is 2.00 bits per heavy atom. The first kappa shape index (κ1) is 23.3. The van der Waals surface area contributed by atoms with Crippen LogP contribution in [0.25, 0.3) is 0 Å². The van der Waals surface area contributed by atoms with E-state index in [1.165, 1.54) is 6.20 Å². The average Bonchev–Trinajstić information content (AvgIpc) is 2.90. The number of aromatic nitrogens is 2. The molecule has 1 aromatic heterocycles. The van der Waals surface area contributed by atoms with Crippen molar-refractivity contribution in [2.75, 3.05) is 17.2 Å². The van der Waals surface area contributed by atoms with Crippen LogP contribution in [-0.2, 0) is 4.74 Å². The number of aliphatic hydroxyl groups excluding tert-OH is 1. The van der Waals surface area contributed by atoms with E-state index in [0.717, 1.165) is 18.5 Å². The molecule has 8 nitrogen and oxygen atoms in total. The van der Waals surface area contributed by atoms with Gasteiger partial charge in [-0.3, -0.25) is 4.79 Å². The third-order valence-electron chi connectivity index (χ3n) is 5.41. The molecule has 1 fully saturated rings. The van der Waals surface area contributed by atoms with Gasteiger partial charge in [-0.25, -0.2) is 4.98 Å². The summed E-state index contributed by atoms with van der Waals surface area (Å²) in [6, 6.07) is -0.0167. The van der Waals surface area contributed by atoms with Crippen molar-refractivity contribution < 1.29 is 27.8 Å². The van der Waals surface area contributed by atoms with Crippen LogP contribution in [0.4, 0.5) is 24.9 Å². The summed E-state index contributed by atoms with van der Waals surface area (Å²) < 4.78 is 41.8. The van der Waals surface area contributed by atoms with Gasteiger partial charge in [0.25, 0.3) is 5.91 Å². The minimum Gasteiger partial charge on any atom is -0.393 e. The first-order chi connectivity index (χ1) is 14.7. The van der Waals surface area contributed by atoms with Crippen LogP contribution in [0.15, 0.2) is 18.0 Å². The number of halogens is 3. The quantitative estimate of drug-likeness (QED) is 0.511. The summed E-state index contributed by atoms with van der Waals surface area (Å²) in [5.41, 5.74) is 6.34. The second-order valence-electron chi connectivity index (χ2n) is 8.01. The molecular weight excluding hydrogens is 415 g/mol. The summed E-state index contributed by atoms with van der Waals surface area (Å²) in [6.45, 7) is -1.23. The summed E-state index contributed by atoms with van der Waals surface area (Å²) in [7, 11) is 0. The van der Waals surface area contributed by atoms with Crippen molar-refractivity contribution in [3.63, 3.8) is 0 Å². The molecule has 2 aliphatic rings. The van der Waals surface area contributed by atoms with Crippen LogP contribution in [0.3, 0.4) is 0 Å². The van der Waals surface area contributed by atoms with Crippen molar-refractivity contribution in [3.8, 4) is 0 Å². The van der Waals surface area contributed by atoms with E-state index in [0.29, 0.717) is 44.5 Å². The second kappa shape index (κ2) is 10.3. The molecule has 0 bridgehead atoms. The highest BCUT2D eigenvalue weighted by molar-refractivity contribution is 5.97. The van der Waals surface area contributed by atoms with Gasteiger partial charge < -0.3 is 26.2 Å². The minimum atomic E-state index is -4.32. The van der Waals surface area contributed by atoms with Crippen molar-refractivity contribution in [2.45, 2.75) is 75.8 Å². The van der Waals surface area contributed by atoms with Gasteiger partial charge in [0.2, 0.25) is 5.95 Å². The Morgan fingerprint density at radius 1 is 1.26 bits per heavy atom. The number of nitrogens with two attached hydrogens (primary N) is 1. The number of allylic oxidation sites excluding steroid dienone is 1. The van der Waals surface area contributed by atoms with Crippen LogP contribution < -0.4 is 16.4 Å². The van der Waals surface area contributed by atoms with E-state index < -0.39 is 30.9 Å². The highest BCUT2D eigenvalue weighted by Crippen LogP contribution is 2.27. The lowest BCUT2D eigenvalue weighted by Gasteiger charge is -2.29. The third kappa shape index (κ3) is 7.35. The van der Waals surface area contributed by atoms with E-state index in [2.05, 4.69) is 20.6 Å². The number of ether oxygens (including phenoxy) is 1. The number of anilines is 2. The van der Waals surface area contributed by atoms with E-state index in [1.807, 2.05) is 6.08 Å². The fraction of sp³-hybridized carbons (Fsp3) is 0.650. The molecule has 11 heteroatoms. The van der Waals surface area contributed by atoms with Gasteiger partial charge in [-0.1, -0.05) is 6.08 Å². The standard InChI is InChI=1S/C20H28F3N5O3/c21-20(22,23)11-31-15-7-5-12(6-8-15)27-19-25-10-16(17(24)30)18(28-19)26-13-3-1-2-4-14(29)9-13/h3,10,12,14-15,29H,1-2,4-9,11H2,(H2,24,30)(H2,25,26,27,28)/t12?,14-,15?/m0/s1. The number of hydrogen-bond donors (Lipinski definition) is 4. The monoisotopic (exact) mass is 443 g/mol. The Morgan fingerprint density at radius 3 is 2.68 bits per heavy atom. The number of carbonyl (C=O) groups is 1. The van der Waals surface area contributed by atoms with Crippen LogP contribution in [0.5, 0.6) is 0 Å². The van der Waals surface area contributed by atoms with Gasteiger partial charge in [-0.05, 0) is 44.9 Å². The van der Waals surface area contributed by atoms with Crippen molar-refractivity contribution in [1.29, 1.82) is 0 Å². The fourth-order valence-corrected chi connectivity index (χ4v) is 3.82. The van der Waals surface area contributed by atoms with Crippen LogP contribution in [-0.4, -0.2) is 52.0 Å². The molecule has 0 saturated heterocycles. The fourth-order valence-electron chi connectivity index (χ4n) is 3.82. The number of nitrogens with zero attached hydrogens (tertiary/aromatic N) is 2. The molecule has 1 aromatic rings. The maximum atomic E-state index is 12.3. The van der Waals surface area contributed by atoms with Crippen LogP contribution >= 0.6 is 0 Å². The number of amides is 1. The van der Waals surface area contributed by atoms with Gasteiger partial charge >= 0.3 is 6.18 Å². The lowest BCUT2D eigenvalue weighted by molar-refractivity contribution is -0.187. The number of carbonyl (C=O) groups excluding carboxylic acids is 1. The number of hydrogen-bond acceptors (Lipinski definition) is 7. The first-order valence-electron chi connectivity index (χ1n) is 10.5. The molecule has 0 unspecified atom stereocenters. The maximum absolute atomic E-state index is 12.3. The normalized spacial score (nSPS) is 24.8. The van der Waals surface area contributed by atoms with Crippen LogP contribution in [0.2, 0.25) is 0 Å². The summed E-state index contributed by atoms with van der Waals surface area (Å²) in [4.78, 5) is 20.3. The lowest BCUT2D eigenvalue weighted by Crippen LogP contribution is -2.32. The summed E-state index contributed by atoms with van der Waals surface area (Å²) in [6.07, 6.45) is 3.16. The molecular formula is C20H28F3N5O3. The van der Waals surface area contributed by atoms with Crippen molar-refractivity contribution >= 4 is 17.7 Å². The number of aliphatic hydroxyl groups is 1.